The summed E-state index contributed by atoms with van der Waals surface area (Å²) in [7, 11) is 0. The topological polar surface area (TPSA) is 49.7 Å². The molecule has 4 saturated carbocycles. The predicted octanol–water partition coefficient (Wildman–Crippen LogP) is 5.69. The predicted molar refractivity (Wildman–Crippen MR) is 121 cm³/mol. The summed E-state index contributed by atoms with van der Waals surface area (Å²) in [6, 6.07) is 0. The maximum atomic E-state index is 13.3. The first-order valence-corrected chi connectivity index (χ1v) is 13.0. The number of carbonyl (C=O) groups excluding carboxylic acids is 1. The number of hydrogen-bond acceptors (Lipinski definition) is 3. The summed E-state index contributed by atoms with van der Waals surface area (Å²) in [6.07, 6.45) is 11.0. The van der Waals surface area contributed by atoms with Gasteiger partial charge in [0.15, 0.2) is 0 Å². The fourth-order valence-electron chi connectivity index (χ4n) is 9.32. The number of aliphatic hydroxyl groups is 1. The third kappa shape index (κ3) is 3.08. The van der Waals surface area contributed by atoms with E-state index in [-0.39, 0.29) is 17.4 Å². The third-order valence-electron chi connectivity index (χ3n) is 11.1. The van der Waals surface area contributed by atoms with Gasteiger partial charge in [0.2, 0.25) is 0 Å². The summed E-state index contributed by atoms with van der Waals surface area (Å²) in [6.45, 7) is 10.8. The zero-order valence-electron chi connectivity index (χ0n) is 19.7. The van der Waals surface area contributed by atoms with Gasteiger partial charge >= 0.3 is 0 Å². The van der Waals surface area contributed by atoms with Crippen molar-refractivity contribution >= 4 is 11.5 Å². The Hall–Kier alpha value is -0.700. The number of fused-ring (bicyclic) bond motifs is 5. The van der Waals surface area contributed by atoms with Gasteiger partial charge in [-0.05, 0) is 104 Å². The van der Waals surface area contributed by atoms with E-state index in [1.54, 1.807) is 0 Å². The van der Waals surface area contributed by atoms with E-state index in [9.17, 15) is 9.90 Å². The molecule has 3 nitrogen and oxygen atoms in total. The van der Waals surface area contributed by atoms with Crippen molar-refractivity contribution in [1.82, 2.24) is 0 Å². The molecule has 0 spiro atoms. The second-order valence-corrected chi connectivity index (χ2v) is 12.5. The molecule has 4 aliphatic carbocycles. The lowest BCUT2D eigenvalue weighted by molar-refractivity contribution is -0.159. The normalized spacial score (nSPS) is 52.1. The van der Waals surface area contributed by atoms with E-state index in [1.807, 2.05) is 0 Å². The van der Waals surface area contributed by atoms with Crippen molar-refractivity contribution < 1.29 is 9.90 Å². The molecule has 1 N–H and O–H groups in total. The maximum absolute atomic E-state index is 13.3. The van der Waals surface area contributed by atoms with E-state index in [2.05, 4.69) is 27.7 Å². The van der Waals surface area contributed by atoms with Gasteiger partial charge in [0.1, 0.15) is 5.78 Å². The molecule has 0 aromatic heterocycles. The second-order valence-electron chi connectivity index (χ2n) is 12.5. The first kappa shape index (κ1) is 21.2. The molecule has 0 unspecified atom stereocenters. The number of rotatable bonds is 2. The Morgan fingerprint density at radius 1 is 1.03 bits per heavy atom. The molecule has 10 atom stereocenters. The minimum atomic E-state index is -0.256. The van der Waals surface area contributed by atoms with Crippen LogP contribution in [-0.2, 0) is 4.79 Å². The van der Waals surface area contributed by atoms with Crippen molar-refractivity contribution in [2.45, 2.75) is 98.0 Å². The van der Waals surface area contributed by atoms with Crippen LogP contribution in [0.2, 0.25) is 0 Å². The van der Waals surface area contributed by atoms with Crippen LogP contribution in [0.1, 0.15) is 91.9 Å². The highest BCUT2D eigenvalue weighted by Gasteiger charge is 2.62. The summed E-state index contributed by atoms with van der Waals surface area (Å²) >= 11 is 0. The molecule has 0 bridgehead atoms. The van der Waals surface area contributed by atoms with Gasteiger partial charge in [0.25, 0.3) is 0 Å². The van der Waals surface area contributed by atoms with Crippen LogP contribution in [0, 0.1) is 52.3 Å². The average Bonchev–Trinajstić information content (AvgIpc) is 3.07. The Morgan fingerprint density at radius 2 is 1.77 bits per heavy atom. The van der Waals surface area contributed by atoms with Gasteiger partial charge in [-0.25, -0.2) is 0 Å². The van der Waals surface area contributed by atoms with Gasteiger partial charge in [0.05, 0.1) is 6.10 Å². The number of nitrogens with zero attached hydrogens (tertiary/aromatic N) is 1. The number of Topliss-reactive ketones (excluding diaryl/α,β-unsaturated/α-hetero) is 1. The highest BCUT2D eigenvalue weighted by atomic mass is 16.3. The van der Waals surface area contributed by atoms with Crippen molar-refractivity contribution in [2.75, 3.05) is 6.54 Å². The van der Waals surface area contributed by atoms with Gasteiger partial charge < -0.3 is 5.11 Å². The van der Waals surface area contributed by atoms with Crippen LogP contribution in [-0.4, -0.2) is 29.3 Å². The molecule has 0 radical (unpaired) electrons. The quantitative estimate of drug-likeness (QED) is 0.632. The average molecular weight is 414 g/mol. The molecular formula is C27H43NO2. The molecule has 1 aliphatic heterocycles. The SMILES string of the molecule is C[C@@H]1CCC([C@@H](C)[C@H]2CC[C@H]3[C@@H]4CC(=O)[C@H]5C[C@@H](O)CC[C@]5(C)[C@H]4CC[C@]23C)=NC1. The molecule has 168 valence electrons. The highest BCUT2D eigenvalue weighted by molar-refractivity contribution is 5.87. The van der Waals surface area contributed by atoms with Crippen LogP contribution in [0.5, 0.6) is 0 Å². The molecule has 5 aliphatic rings. The third-order valence-corrected chi connectivity index (χ3v) is 11.1. The Kier molecular flexibility index (Phi) is 5.24. The molecule has 0 saturated heterocycles. The number of ketones is 1. The lowest BCUT2D eigenvalue weighted by atomic mass is 9.44. The van der Waals surface area contributed by atoms with Crippen LogP contribution in [0.3, 0.4) is 0 Å². The summed E-state index contributed by atoms with van der Waals surface area (Å²) in [4.78, 5) is 18.3. The first-order chi connectivity index (χ1) is 14.2. The summed E-state index contributed by atoms with van der Waals surface area (Å²) < 4.78 is 0. The van der Waals surface area contributed by atoms with Crippen molar-refractivity contribution in [3.8, 4) is 0 Å². The smallest absolute Gasteiger partial charge is 0.136 e. The lowest BCUT2D eigenvalue weighted by Gasteiger charge is -2.60. The van der Waals surface area contributed by atoms with Crippen molar-refractivity contribution in [1.29, 1.82) is 0 Å². The van der Waals surface area contributed by atoms with E-state index in [0.29, 0.717) is 34.9 Å². The lowest BCUT2D eigenvalue weighted by Crippen LogP contribution is -2.57. The molecule has 0 amide bonds. The van der Waals surface area contributed by atoms with Crippen LogP contribution in [0.15, 0.2) is 4.99 Å². The fraction of sp³-hybridized carbons (Fsp3) is 0.926. The van der Waals surface area contributed by atoms with E-state index < -0.39 is 0 Å². The Morgan fingerprint density at radius 3 is 2.50 bits per heavy atom. The van der Waals surface area contributed by atoms with E-state index in [1.165, 1.54) is 44.2 Å². The zero-order chi connectivity index (χ0) is 21.3. The molecule has 1 heterocycles. The number of aliphatic imine (C=N–C) groups is 1. The standard InChI is InChI=1S/C27H43NO2/c1-16-5-8-24(28-15-16)17(2)20-6-7-21-19-14-25(30)23-13-18(29)9-11-27(23,4)22(19)10-12-26(20,21)3/h16-23,29H,5-15H2,1-4H3/t16-,17+,18+,19+,20-,21+,22+,23-,26-,27-/m1/s1. The minimum Gasteiger partial charge on any atom is -0.393 e. The van der Waals surface area contributed by atoms with Crippen LogP contribution >= 0.6 is 0 Å². The summed E-state index contributed by atoms with van der Waals surface area (Å²) in [5, 5.41) is 10.2. The van der Waals surface area contributed by atoms with Crippen LogP contribution in [0.4, 0.5) is 0 Å². The number of carbonyl (C=O) groups is 1. The molecular weight excluding hydrogens is 370 g/mol. The molecule has 0 aromatic rings. The fourth-order valence-corrected chi connectivity index (χ4v) is 9.32. The van der Waals surface area contributed by atoms with Crippen molar-refractivity contribution in [2.24, 2.45) is 57.2 Å². The van der Waals surface area contributed by atoms with E-state index in [4.69, 9.17) is 4.99 Å². The van der Waals surface area contributed by atoms with E-state index in [0.717, 1.165) is 44.1 Å². The number of hydrogen-bond donors (Lipinski definition) is 1. The maximum Gasteiger partial charge on any atom is 0.136 e. The first-order valence-electron chi connectivity index (χ1n) is 13.0. The van der Waals surface area contributed by atoms with Gasteiger partial charge in [-0.15, -0.1) is 0 Å². The molecule has 0 aromatic carbocycles. The van der Waals surface area contributed by atoms with Gasteiger partial charge in [-0.3, -0.25) is 9.79 Å². The molecule has 5 rings (SSSR count). The summed E-state index contributed by atoms with van der Waals surface area (Å²) in [5.74, 6) is 4.66. The zero-order valence-corrected chi connectivity index (χ0v) is 19.7. The minimum absolute atomic E-state index is 0.113. The van der Waals surface area contributed by atoms with Crippen LogP contribution in [0.25, 0.3) is 0 Å². The van der Waals surface area contributed by atoms with Crippen molar-refractivity contribution in [3.05, 3.63) is 0 Å². The summed E-state index contributed by atoms with van der Waals surface area (Å²) in [5.41, 5.74) is 2.01. The highest BCUT2D eigenvalue weighted by Crippen LogP contribution is 2.67. The van der Waals surface area contributed by atoms with Gasteiger partial charge in [0, 0.05) is 24.6 Å². The van der Waals surface area contributed by atoms with E-state index >= 15 is 0 Å². The van der Waals surface area contributed by atoms with Crippen molar-refractivity contribution in [3.63, 3.8) is 0 Å². The number of aliphatic hydroxyl groups excluding tert-OH is 1. The second kappa shape index (κ2) is 7.42. The Labute approximate surface area is 183 Å². The molecule has 30 heavy (non-hydrogen) atoms. The van der Waals surface area contributed by atoms with Crippen LogP contribution < -0.4 is 0 Å². The van der Waals surface area contributed by atoms with Gasteiger partial charge in [-0.1, -0.05) is 27.7 Å². The largest absolute Gasteiger partial charge is 0.393 e. The monoisotopic (exact) mass is 413 g/mol. The Bertz CT molecular complexity index is 730. The molecule has 3 heteroatoms. The molecule has 4 fully saturated rings. The van der Waals surface area contributed by atoms with Gasteiger partial charge in [-0.2, -0.15) is 0 Å². The Balaban J connectivity index is 1.39.